The summed E-state index contributed by atoms with van der Waals surface area (Å²) in [6.07, 6.45) is 0. The fourth-order valence-electron chi connectivity index (χ4n) is 2.62. The van der Waals surface area contributed by atoms with Crippen LogP contribution in [0.1, 0.15) is 21.7 Å². The van der Waals surface area contributed by atoms with Crippen LogP contribution in [-0.4, -0.2) is 21.4 Å². The summed E-state index contributed by atoms with van der Waals surface area (Å²) in [7, 11) is 0. The lowest BCUT2D eigenvalue weighted by molar-refractivity contribution is 0.102. The average Bonchev–Trinajstić information content (AvgIpc) is 2.93. The molecule has 0 bridgehead atoms. The molecule has 0 aliphatic heterocycles. The normalized spacial score (nSPS) is 11.0. The van der Waals surface area contributed by atoms with Gasteiger partial charge < -0.3 is 5.32 Å². The zero-order valence-corrected chi connectivity index (χ0v) is 15.4. The highest BCUT2D eigenvalue weighted by Crippen LogP contribution is 2.25. The molecule has 0 aliphatic rings. The lowest BCUT2D eigenvalue weighted by Gasteiger charge is -2.10. The second-order valence-corrected chi connectivity index (χ2v) is 6.93. The van der Waals surface area contributed by atoms with Crippen molar-refractivity contribution in [2.45, 2.75) is 24.5 Å². The van der Waals surface area contributed by atoms with Gasteiger partial charge in [-0.15, -0.1) is 0 Å². The first kappa shape index (κ1) is 19.0. The van der Waals surface area contributed by atoms with E-state index in [4.69, 9.17) is 0 Å². The number of anilines is 1. The molecule has 3 aromatic rings. The van der Waals surface area contributed by atoms with Crippen molar-refractivity contribution in [3.05, 3.63) is 71.3 Å². The Bertz CT molecular complexity index is 971. The number of hydrogen-bond acceptors (Lipinski definition) is 3. The highest BCUT2D eigenvalue weighted by Gasteiger charge is 2.12. The van der Waals surface area contributed by atoms with E-state index in [1.165, 1.54) is 41.1 Å². The van der Waals surface area contributed by atoms with Crippen molar-refractivity contribution < 1.29 is 18.0 Å². The van der Waals surface area contributed by atoms with Gasteiger partial charge in [-0.25, -0.2) is 9.07 Å². The summed E-state index contributed by atoms with van der Waals surface area (Å²) in [6.45, 7) is 3.65. The van der Waals surface area contributed by atoms with E-state index in [1.54, 1.807) is 6.07 Å². The van der Waals surface area contributed by atoms with Crippen molar-refractivity contribution in [2.75, 3.05) is 5.32 Å². The van der Waals surface area contributed by atoms with Gasteiger partial charge in [0.2, 0.25) is 0 Å². The summed E-state index contributed by atoms with van der Waals surface area (Å²) in [4.78, 5) is 12.6. The molecule has 140 valence electrons. The van der Waals surface area contributed by atoms with Gasteiger partial charge in [-0.05, 0) is 62.4 Å². The quantitative estimate of drug-likeness (QED) is 0.609. The van der Waals surface area contributed by atoms with Gasteiger partial charge in [-0.3, -0.25) is 4.79 Å². The molecule has 3 rings (SSSR count). The molecule has 0 saturated heterocycles. The Labute approximate surface area is 158 Å². The summed E-state index contributed by atoms with van der Waals surface area (Å²) in [5.74, 6) is -3.50. The minimum atomic E-state index is -2.52. The van der Waals surface area contributed by atoms with Crippen LogP contribution in [0, 0.1) is 19.7 Å². The molecule has 27 heavy (non-hydrogen) atoms. The van der Waals surface area contributed by atoms with Gasteiger partial charge in [0.25, 0.3) is 11.7 Å². The van der Waals surface area contributed by atoms with Crippen LogP contribution in [-0.2, 0) is 0 Å². The Morgan fingerprint density at radius 2 is 1.81 bits per heavy atom. The molecule has 0 aliphatic carbocycles. The first-order valence-corrected chi connectivity index (χ1v) is 8.91. The number of hydrogen-bond donors (Lipinski definition) is 1. The van der Waals surface area contributed by atoms with Crippen LogP contribution < -0.4 is 5.32 Å². The molecule has 0 fully saturated rings. The number of nitrogens with zero attached hydrogens (tertiary/aromatic N) is 2. The van der Waals surface area contributed by atoms with Crippen LogP contribution >= 0.6 is 11.8 Å². The van der Waals surface area contributed by atoms with Crippen LogP contribution in [0.4, 0.5) is 18.9 Å². The highest BCUT2D eigenvalue weighted by molar-refractivity contribution is 7.99. The Kier molecular flexibility index (Phi) is 5.55. The SMILES string of the molecule is Cc1cc(C)n(-c2ccc(NC(=O)c3ccc(SC(F)F)cc3)cc2F)n1. The van der Waals surface area contributed by atoms with E-state index in [0.29, 0.717) is 16.7 Å². The Balaban J connectivity index is 1.75. The molecule has 0 saturated carbocycles. The average molecular weight is 391 g/mol. The topological polar surface area (TPSA) is 46.9 Å². The van der Waals surface area contributed by atoms with Crippen molar-refractivity contribution in [3.8, 4) is 5.69 Å². The first-order chi connectivity index (χ1) is 12.8. The number of carbonyl (C=O) groups is 1. The largest absolute Gasteiger partial charge is 0.322 e. The van der Waals surface area contributed by atoms with E-state index >= 15 is 0 Å². The van der Waals surface area contributed by atoms with Crippen LogP contribution in [0.25, 0.3) is 5.69 Å². The molecule has 0 unspecified atom stereocenters. The zero-order valence-electron chi connectivity index (χ0n) is 14.5. The molecule has 8 heteroatoms. The summed E-state index contributed by atoms with van der Waals surface area (Å²) >= 11 is 0.404. The number of halogens is 3. The first-order valence-electron chi connectivity index (χ1n) is 8.03. The third kappa shape index (κ3) is 4.51. The number of benzene rings is 2. The monoisotopic (exact) mass is 391 g/mol. The summed E-state index contributed by atoms with van der Waals surface area (Å²) in [6, 6.07) is 11.9. The molecule has 0 spiro atoms. The predicted octanol–water partition coefficient (Wildman–Crippen LogP) is 5.20. The summed E-state index contributed by atoms with van der Waals surface area (Å²) in [5, 5.41) is 6.84. The third-order valence-corrected chi connectivity index (χ3v) is 4.51. The molecule has 1 N–H and O–H groups in total. The van der Waals surface area contributed by atoms with Gasteiger partial charge in [-0.1, -0.05) is 11.8 Å². The fraction of sp³-hybridized carbons (Fsp3) is 0.158. The van der Waals surface area contributed by atoms with Gasteiger partial charge in [-0.2, -0.15) is 13.9 Å². The van der Waals surface area contributed by atoms with Crippen LogP contribution in [0.5, 0.6) is 0 Å². The minimum Gasteiger partial charge on any atom is -0.322 e. The molecule has 1 heterocycles. The molecule has 0 atom stereocenters. The van der Waals surface area contributed by atoms with Crippen LogP contribution in [0.3, 0.4) is 0 Å². The second-order valence-electron chi connectivity index (χ2n) is 5.86. The number of carbonyl (C=O) groups excluding carboxylic acids is 1. The van der Waals surface area contributed by atoms with Crippen molar-refractivity contribution in [1.29, 1.82) is 0 Å². The standard InChI is InChI=1S/C19H16F3N3OS/c1-11-9-12(2)25(24-11)17-8-5-14(10-16(17)20)23-18(26)13-3-6-15(7-4-13)27-19(21)22/h3-10,19H,1-2H3,(H,23,26). The Morgan fingerprint density at radius 1 is 1.11 bits per heavy atom. The van der Waals surface area contributed by atoms with Gasteiger partial charge in [0.15, 0.2) is 5.82 Å². The van der Waals surface area contributed by atoms with E-state index in [1.807, 2.05) is 19.9 Å². The number of thioether (sulfide) groups is 1. The smallest absolute Gasteiger partial charge is 0.288 e. The van der Waals surface area contributed by atoms with Crippen molar-refractivity contribution >= 4 is 23.4 Å². The number of rotatable bonds is 5. The van der Waals surface area contributed by atoms with E-state index in [2.05, 4.69) is 10.4 Å². The van der Waals surface area contributed by atoms with Gasteiger partial charge >= 0.3 is 0 Å². The van der Waals surface area contributed by atoms with E-state index in [0.717, 1.165) is 11.4 Å². The number of nitrogens with one attached hydrogen (secondary N) is 1. The zero-order chi connectivity index (χ0) is 19.6. The lowest BCUT2D eigenvalue weighted by Crippen LogP contribution is -2.12. The molecule has 0 radical (unpaired) electrons. The molecule has 1 aromatic heterocycles. The van der Waals surface area contributed by atoms with Gasteiger partial charge in [0.05, 0.1) is 5.69 Å². The van der Waals surface area contributed by atoms with Crippen LogP contribution in [0.15, 0.2) is 53.4 Å². The van der Waals surface area contributed by atoms with Gasteiger partial charge in [0, 0.05) is 21.8 Å². The van der Waals surface area contributed by atoms with Gasteiger partial charge in [0.1, 0.15) is 5.69 Å². The number of aryl methyl sites for hydroxylation is 2. The number of alkyl halides is 2. The van der Waals surface area contributed by atoms with E-state index in [9.17, 15) is 18.0 Å². The van der Waals surface area contributed by atoms with Crippen molar-refractivity contribution in [2.24, 2.45) is 0 Å². The molecule has 4 nitrogen and oxygen atoms in total. The van der Waals surface area contributed by atoms with E-state index in [-0.39, 0.29) is 16.9 Å². The molecule has 2 aromatic carbocycles. The number of aromatic nitrogens is 2. The van der Waals surface area contributed by atoms with Crippen LogP contribution in [0.2, 0.25) is 0 Å². The summed E-state index contributed by atoms with van der Waals surface area (Å²) < 4.78 is 40.6. The maximum Gasteiger partial charge on any atom is 0.288 e. The number of amides is 1. The molecular weight excluding hydrogens is 375 g/mol. The molecular formula is C19H16F3N3OS. The Morgan fingerprint density at radius 3 is 2.37 bits per heavy atom. The predicted molar refractivity (Wildman–Crippen MR) is 99.3 cm³/mol. The summed E-state index contributed by atoms with van der Waals surface area (Å²) in [5.41, 5.74) is 2.43. The fourth-order valence-corrected chi connectivity index (χ4v) is 3.12. The third-order valence-electron chi connectivity index (χ3n) is 3.79. The maximum atomic E-state index is 14.5. The van der Waals surface area contributed by atoms with E-state index < -0.39 is 17.5 Å². The maximum absolute atomic E-state index is 14.5. The Hall–Kier alpha value is -2.74. The van der Waals surface area contributed by atoms with Crippen molar-refractivity contribution in [3.63, 3.8) is 0 Å². The lowest BCUT2D eigenvalue weighted by atomic mass is 10.2. The highest BCUT2D eigenvalue weighted by atomic mass is 32.2. The minimum absolute atomic E-state index is 0.284. The molecule has 1 amide bonds. The second kappa shape index (κ2) is 7.87. The van der Waals surface area contributed by atoms with Crippen molar-refractivity contribution in [1.82, 2.24) is 9.78 Å².